The standard InChI is InChI=1S/C32H28F4N6O6S2/c1-43-23-5-7-37-21(27(23)45-3)13-49-31-39-17-9-15(25(47-29(33)34)11-19(17)41-31)16-10-18-20(12-26(16)48-30(35)36)42-32(40-18)50-14-22-28(46-4)24(44-2)6-8-38-22/h5-12,29-30H,13-14H2,1-4H3,(H,39,41)(H,40,42). The van der Waals surface area contributed by atoms with E-state index >= 15 is 0 Å². The minimum absolute atomic E-state index is 0.0563. The highest BCUT2D eigenvalue weighted by Gasteiger charge is 2.22. The zero-order chi connectivity index (χ0) is 35.4. The molecule has 0 unspecified atom stereocenters. The Bertz CT molecular complexity index is 1980. The number of methoxy groups -OCH3 is 4. The van der Waals surface area contributed by atoms with Crippen LogP contribution in [0, 0.1) is 0 Å². The molecule has 18 heteroatoms. The van der Waals surface area contributed by atoms with Crippen LogP contribution >= 0.6 is 23.5 Å². The number of aromatic nitrogens is 6. The fourth-order valence-electron chi connectivity index (χ4n) is 5.15. The number of H-pyrrole nitrogens is 2. The summed E-state index contributed by atoms with van der Waals surface area (Å²) in [6, 6.07) is 8.93. The van der Waals surface area contributed by atoms with Crippen molar-refractivity contribution in [2.24, 2.45) is 0 Å². The molecule has 0 saturated carbocycles. The number of imidazole rings is 2. The number of hydrogen-bond donors (Lipinski definition) is 2. The van der Waals surface area contributed by atoms with Gasteiger partial charge in [-0.25, -0.2) is 9.97 Å². The van der Waals surface area contributed by atoms with Gasteiger partial charge in [0, 0.05) is 59.3 Å². The molecule has 0 amide bonds. The lowest BCUT2D eigenvalue weighted by Crippen LogP contribution is -2.06. The van der Waals surface area contributed by atoms with Gasteiger partial charge in [0.05, 0.1) is 61.9 Å². The number of alkyl halides is 4. The molecular formula is C32H28F4N6O6S2. The summed E-state index contributed by atoms with van der Waals surface area (Å²) in [4.78, 5) is 24.0. The highest BCUT2D eigenvalue weighted by atomic mass is 32.2. The molecule has 2 aromatic carbocycles. The van der Waals surface area contributed by atoms with E-state index in [0.717, 1.165) is 0 Å². The first kappa shape index (κ1) is 34.8. The van der Waals surface area contributed by atoms with Crippen molar-refractivity contribution in [3.05, 3.63) is 60.2 Å². The Morgan fingerprint density at radius 1 is 0.600 bits per heavy atom. The second-order valence-corrected chi connectivity index (χ2v) is 12.1. The molecule has 0 spiro atoms. The number of aromatic amines is 2. The van der Waals surface area contributed by atoms with Crippen LogP contribution in [0.1, 0.15) is 11.4 Å². The van der Waals surface area contributed by atoms with Gasteiger partial charge < -0.3 is 38.4 Å². The smallest absolute Gasteiger partial charge is 0.387 e. The largest absolute Gasteiger partial charge is 0.493 e. The van der Waals surface area contributed by atoms with Crippen molar-refractivity contribution in [2.75, 3.05) is 28.4 Å². The van der Waals surface area contributed by atoms with Crippen LogP contribution < -0.4 is 28.4 Å². The normalized spacial score (nSPS) is 11.5. The average molecular weight is 733 g/mol. The molecule has 6 aromatic rings. The van der Waals surface area contributed by atoms with E-state index in [1.165, 1.54) is 76.2 Å². The maximum absolute atomic E-state index is 13.7. The predicted octanol–water partition coefficient (Wildman–Crippen LogP) is 7.72. The Labute approximate surface area is 290 Å². The quantitative estimate of drug-likeness (QED) is 0.0790. The molecule has 4 heterocycles. The van der Waals surface area contributed by atoms with Gasteiger partial charge in [-0.15, -0.1) is 0 Å². The molecule has 0 aliphatic rings. The molecule has 262 valence electrons. The van der Waals surface area contributed by atoms with Crippen molar-refractivity contribution < 1.29 is 46.0 Å². The van der Waals surface area contributed by atoms with E-state index in [2.05, 4.69) is 29.9 Å². The lowest BCUT2D eigenvalue weighted by Gasteiger charge is -2.15. The number of nitrogens with zero attached hydrogens (tertiary/aromatic N) is 4. The summed E-state index contributed by atoms with van der Waals surface area (Å²) < 4.78 is 86.0. The molecule has 50 heavy (non-hydrogen) atoms. The summed E-state index contributed by atoms with van der Waals surface area (Å²) in [5.74, 6) is 2.02. The molecule has 0 radical (unpaired) electrons. The van der Waals surface area contributed by atoms with Crippen LogP contribution in [0.5, 0.6) is 34.5 Å². The fraction of sp³-hybridized carbons (Fsp3) is 0.250. The molecule has 12 nitrogen and oxygen atoms in total. The minimum Gasteiger partial charge on any atom is -0.493 e. The molecule has 0 atom stereocenters. The summed E-state index contributed by atoms with van der Waals surface area (Å²) in [5, 5.41) is 0.868. The molecule has 0 bridgehead atoms. The van der Waals surface area contributed by atoms with Gasteiger partial charge >= 0.3 is 13.2 Å². The van der Waals surface area contributed by atoms with Crippen molar-refractivity contribution in [2.45, 2.75) is 35.0 Å². The number of rotatable bonds is 15. The molecule has 0 saturated heterocycles. The average Bonchev–Trinajstić information content (AvgIpc) is 3.70. The maximum Gasteiger partial charge on any atom is 0.387 e. The lowest BCUT2D eigenvalue weighted by atomic mass is 10.0. The van der Waals surface area contributed by atoms with E-state index in [9.17, 15) is 17.6 Å². The second-order valence-electron chi connectivity index (χ2n) is 10.1. The van der Waals surface area contributed by atoms with Crippen LogP contribution in [0.3, 0.4) is 0 Å². The Kier molecular flexibility index (Phi) is 10.6. The summed E-state index contributed by atoms with van der Waals surface area (Å²) in [6.45, 7) is -6.43. The zero-order valence-corrected chi connectivity index (χ0v) is 28.4. The first-order valence-corrected chi connectivity index (χ1v) is 16.5. The Morgan fingerprint density at radius 2 is 1.02 bits per heavy atom. The Hall–Kier alpha value is -5.10. The van der Waals surface area contributed by atoms with Gasteiger partial charge in [-0.05, 0) is 12.1 Å². The number of pyridine rings is 2. The number of fused-ring (bicyclic) bond motifs is 2. The molecule has 6 rings (SSSR count). The number of thioether (sulfide) groups is 2. The van der Waals surface area contributed by atoms with E-state index in [1.54, 1.807) is 24.5 Å². The summed E-state index contributed by atoms with van der Waals surface area (Å²) >= 11 is 2.56. The Morgan fingerprint density at radius 3 is 1.38 bits per heavy atom. The predicted molar refractivity (Wildman–Crippen MR) is 178 cm³/mol. The third-order valence-electron chi connectivity index (χ3n) is 7.27. The topological polar surface area (TPSA) is 139 Å². The third kappa shape index (κ3) is 7.40. The highest BCUT2D eigenvalue weighted by molar-refractivity contribution is 7.98. The monoisotopic (exact) mass is 732 g/mol. The molecular weight excluding hydrogens is 705 g/mol. The van der Waals surface area contributed by atoms with Crippen LogP contribution in [0.2, 0.25) is 0 Å². The van der Waals surface area contributed by atoms with Crippen molar-refractivity contribution in [1.82, 2.24) is 29.9 Å². The Balaban J connectivity index is 1.35. The molecule has 2 N–H and O–H groups in total. The highest BCUT2D eigenvalue weighted by Crippen LogP contribution is 2.43. The van der Waals surface area contributed by atoms with Gasteiger partial charge in [-0.3, -0.25) is 9.97 Å². The maximum atomic E-state index is 13.7. The van der Waals surface area contributed by atoms with Crippen LogP contribution in [0.15, 0.2) is 59.1 Å². The molecule has 0 aliphatic carbocycles. The summed E-state index contributed by atoms with van der Waals surface area (Å²) in [7, 11) is 6.04. The van der Waals surface area contributed by atoms with E-state index in [4.69, 9.17) is 28.4 Å². The van der Waals surface area contributed by atoms with Crippen LogP contribution in [-0.4, -0.2) is 71.6 Å². The number of ether oxygens (including phenoxy) is 6. The van der Waals surface area contributed by atoms with Gasteiger partial charge in [0.15, 0.2) is 33.3 Å². The van der Waals surface area contributed by atoms with E-state index in [1.807, 2.05) is 0 Å². The van der Waals surface area contributed by atoms with E-state index in [-0.39, 0.29) is 22.6 Å². The number of nitrogens with one attached hydrogen (secondary N) is 2. The van der Waals surface area contributed by atoms with Gasteiger partial charge in [-0.2, -0.15) is 17.6 Å². The number of halogens is 4. The van der Waals surface area contributed by atoms with Gasteiger partial charge in [0.2, 0.25) is 0 Å². The van der Waals surface area contributed by atoms with E-state index in [0.29, 0.717) is 78.3 Å². The van der Waals surface area contributed by atoms with Gasteiger partial charge in [-0.1, -0.05) is 23.5 Å². The fourth-order valence-corrected chi connectivity index (χ4v) is 6.80. The zero-order valence-electron chi connectivity index (χ0n) is 26.8. The first-order chi connectivity index (χ1) is 24.2. The van der Waals surface area contributed by atoms with Gasteiger partial charge in [0.1, 0.15) is 11.5 Å². The van der Waals surface area contributed by atoms with Crippen LogP contribution in [-0.2, 0) is 11.5 Å². The third-order valence-corrected chi connectivity index (χ3v) is 9.04. The first-order valence-electron chi connectivity index (χ1n) is 14.6. The summed E-state index contributed by atoms with van der Waals surface area (Å²) in [6.07, 6.45) is 3.17. The molecule has 0 aliphatic heterocycles. The lowest BCUT2D eigenvalue weighted by molar-refractivity contribution is -0.0512. The SMILES string of the molecule is COc1ccnc(CSc2nc3cc(OC(F)F)c(-c4cc5[nH]c(SCc6nccc(OC)c6OC)nc5cc4OC(F)F)cc3[nH]2)c1OC. The minimum atomic E-state index is -3.22. The second kappa shape index (κ2) is 15.2. The van der Waals surface area contributed by atoms with Crippen LogP contribution in [0.4, 0.5) is 17.6 Å². The van der Waals surface area contributed by atoms with Crippen molar-refractivity contribution in [1.29, 1.82) is 0 Å². The molecule has 0 fully saturated rings. The number of hydrogen-bond acceptors (Lipinski definition) is 12. The van der Waals surface area contributed by atoms with Crippen molar-refractivity contribution in [3.63, 3.8) is 0 Å². The van der Waals surface area contributed by atoms with Crippen molar-refractivity contribution in [3.8, 4) is 45.6 Å². The van der Waals surface area contributed by atoms with Gasteiger partial charge in [0.25, 0.3) is 0 Å². The van der Waals surface area contributed by atoms with E-state index < -0.39 is 13.2 Å². The molecule has 4 aromatic heterocycles. The number of benzene rings is 2. The van der Waals surface area contributed by atoms with Crippen LogP contribution in [0.25, 0.3) is 33.2 Å². The van der Waals surface area contributed by atoms with Crippen molar-refractivity contribution >= 4 is 45.6 Å². The summed E-state index contributed by atoms with van der Waals surface area (Å²) in [5.41, 5.74) is 2.77.